The number of carbonyl (C=O) groups excluding carboxylic acids is 6. The predicted octanol–water partition coefficient (Wildman–Crippen LogP) is 7.59. The fourth-order valence-electron chi connectivity index (χ4n) is 7.09. The van der Waals surface area contributed by atoms with Crippen molar-refractivity contribution >= 4 is 81.6 Å². The molecular weight excluding hydrogens is 817 g/mol. The fourth-order valence-corrected chi connectivity index (χ4v) is 7.28. The second-order valence-electron chi connectivity index (χ2n) is 14.7. The Hall–Kier alpha value is -7.20. The summed E-state index contributed by atoms with van der Waals surface area (Å²) in [5.41, 5.74) is 3.48. The molecule has 0 spiro atoms. The van der Waals surface area contributed by atoms with E-state index in [9.17, 15) is 33.2 Å². The van der Waals surface area contributed by atoms with Crippen LogP contribution in [0.5, 0.6) is 0 Å². The van der Waals surface area contributed by atoms with Crippen LogP contribution in [-0.4, -0.2) is 69.4 Å². The highest BCUT2D eigenvalue weighted by atomic mass is 35.5. The molecule has 0 radical (unpaired) electrons. The molecule has 0 bridgehead atoms. The molecule has 6 N–H and O–H groups in total. The zero-order valence-corrected chi connectivity index (χ0v) is 34.2. The number of unbranched alkanes of at least 4 members (excludes halogenated alkanes) is 5. The lowest BCUT2D eigenvalue weighted by Gasteiger charge is -2.27. The Bertz CT molecular complexity index is 2500. The van der Waals surface area contributed by atoms with E-state index in [4.69, 9.17) is 11.6 Å². The Morgan fingerprint density at radius 2 is 1.39 bits per heavy atom. The average Bonchev–Trinajstić information content (AvgIpc) is 3.52. The van der Waals surface area contributed by atoms with Crippen molar-refractivity contribution in [3.05, 3.63) is 130 Å². The van der Waals surface area contributed by atoms with Crippen molar-refractivity contribution in [1.29, 1.82) is 0 Å². The Labute approximate surface area is 361 Å². The highest BCUT2D eigenvalue weighted by Crippen LogP contribution is 2.32. The lowest BCUT2D eigenvalue weighted by Crippen LogP contribution is -2.54. The first-order valence-corrected chi connectivity index (χ1v) is 20.6. The molecule has 1 saturated heterocycles. The summed E-state index contributed by atoms with van der Waals surface area (Å²) in [6.45, 7) is 1.13. The summed E-state index contributed by atoms with van der Waals surface area (Å²) in [6, 6.07) is 24.1. The molecule has 1 fully saturated rings. The van der Waals surface area contributed by atoms with Gasteiger partial charge in [-0.15, -0.1) is 0 Å². The van der Waals surface area contributed by atoms with Crippen molar-refractivity contribution < 1.29 is 33.2 Å². The minimum Gasteiger partial charge on any atom is -0.384 e. The Kier molecular flexibility index (Phi) is 13.8. The molecule has 2 aliphatic heterocycles. The molecule has 1 unspecified atom stereocenters. The first-order chi connectivity index (χ1) is 30.0. The summed E-state index contributed by atoms with van der Waals surface area (Å²) in [5, 5.41) is 17.5. The molecule has 318 valence electrons. The summed E-state index contributed by atoms with van der Waals surface area (Å²) < 4.78 is 14.7. The highest BCUT2D eigenvalue weighted by molar-refractivity contribution is 6.34. The SMILES string of the molecule is O=C1CCC(N2C(=O)c3cccc(NCCCCCCCCNC(=O)c4ccc(Nc5ncc(F)c(Nc6ccc(C(=O)Nc7ccccc7Cl)cc6)n5)cc4)c3C2=O)C(=O)N1. The molecule has 1 aromatic heterocycles. The first-order valence-electron chi connectivity index (χ1n) is 20.2. The molecule has 0 aliphatic carbocycles. The van der Waals surface area contributed by atoms with Crippen molar-refractivity contribution in [2.24, 2.45) is 0 Å². The van der Waals surface area contributed by atoms with E-state index in [0.29, 0.717) is 52.0 Å². The van der Waals surface area contributed by atoms with E-state index in [2.05, 4.69) is 41.9 Å². The van der Waals surface area contributed by atoms with Crippen molar-refractivity contribution in [2.45, 2.75) is 57.4 Å². The second-order valence-corrected chi connectivity index (χ2v) is 15.1. The van der Waals surface area contributed by atoms with Crippen molar-refractivity contribution in [1.82, 2.24) is 25.5 Å². The monoisotopic (exact) mass is 859 g/mol. The molecule has 62 heavy (non-hydrogen) atoms. The van der Waals surface area contributed by atoms with Crippen molar-refractivity contribution in [3.63, 3.8) is 0 Å². The first kappa shape index (κ1) is 42.9. The molecule has 17 heteroatoms. The van der Waals surface area contributed by atoms with Gasteiger partial charge in [-0.1, -0.05) is 55.5 Å². The standard InChI is InChI=1S/C45H43ClFN9O6/c46-32-11-5-6-12-34(32)53-41(59)28-16-18-29(19-17-28)51-39-33(47)26-50-45(55-39)52-30-20-14-27(15-21-30)40(58)49-25-8-4-2-1-3-7-24-48-35-13-9-10-31-38(35)44(62)56(43(31)61)36-22-23-37(57)54-42(36)60/h5-6,9-21,26,36,48H,1-4,7-8,22-25H2,(H,49,58)(H,53,59)(H,54,57,60)(H2,50,51,52,55). The van der Waals surface area contributed by atoms with Crippen LogP contribution >= 0.6 is 11.6 Å². The number of nitrogens with zero attached hydrogens (tertiary/aromatic N) is 3. The number of carbonyl (C=O) groups is 6. The van der Waals surface area contributed by atoms with Crippen molar-refractivity contribution in [3.8, 4) is 0 Å². The van der Waals surface area contributed by atoms with E-state index in [-0.39, 0.29) is 47.5 Å². The minimum atomic E-state index is -1.01. The summed E-state index contributed by atoms with van der Waals surface area (Å²) >= 11 is 6.14. The minimum absolute atomic E-state index is 0.0647. The molecule has 4 aromatic carbocycles. The molecule has 6 amide bonds. The van der Waals surface area contributed by atoms with E-state index in [1.54, 1.807) is 91.0 Å². The second kappa shape index (κ2) is 19.9. The lowest BCUT2D eigenvalue weighted by atomic mass is 10.0. The van der Waals surface area contributed by atoms with Gasteiger partial charge in [0.2, 0.25) is 17.8 Å². The van der Waals surface area contributed by atoms with Gasteiger partial charge in [-0.3, -0.25) is 39.0 Å². The summed E-state index contributed by atoms with van der Waals surface area (Å²) in [5.74, 6) is -3.29. The van der Waals surface area contributed by atoms with Gasteiger partial charge in [0.25, 0.3) is 23.6 Å². The maximum atomic E-state index is 14.7. The normalized spacial score (nSPS) is 14.5. The van der Waals surface area contributed by atoms with Crippen LogP contribution in [0.25, 0.3) is 0 Å². The smallest absolute Gasteiger partial charge is 0.264 e. The topological polar surface area (TPSA) is 204 Å². The zero-order valence-electron chi connectivity index (χ0n) is 33.4. The number of nitrogens with one attached hydrogen (secondary N) is 6. The Balaban J connectivity index is 0.782. The Morgan fingerprint density at radius 3 is 2.10 bits per heavy atom. The summed E-state index contributed by atoms with van der Waals surface area (Å²) in [7, 11) is 0. The number of rotatable bonds is 18. The number of anilines is 6. The molecule has 15 nitrogen and oxygen atoms in total. The number of imide groups is 2. The number of hydrogen-bond donors (Lipinski definition) is 6. The summed E-state index contributed by atoms with van der Waals surface area (Å²) in [6.07, 6.45) is 6.75. The fraction of sp³-hybridized carbons (Fsp3) is 0.244. The van der Waals surface area contributed by atoms with Gasteiger partial charge in [0.05, 0.1) is 28.0 Å². The lowest BCUT2D eigenvalue weighted by molar-refractivity contribution is -0.136. The van der Waals surface area contributed by atoms with Gasteiger partial charge in [-0.25, -0.2) is 9.37 Å². The number of para-hydroxylation sites is 1. The molecule has 0 saturated carbocycles. The Morgan fingerprint density at radius 1 is 0.742 bits per heavy atom. The number of halogens is 2. The largest absolute Gasteiger partial charge is 0.384 e. The zero-order chi connectivity index (χ0) is 43.6. The summed E-state index contributed by atoms with van der Waals surface area (Å²) in [4.78, 5) is 85.0. The average molecular weight is 860 g/mol. The van der Waals surface area contributed by atoms with Crippen LogP contribution in [0.4, 0.5) is 38.9 Å². The van der Waals surface area contributed by atoms with E-state index >= 15 is 0 Å². The van der Waals surface area contributed by atoms with E-state index in [0.717, 1.165) is 49.6 Å². The van der Waals surface area contributed by atoms with Crippen LogP contribution in [0.3, 0.4) is 0 Å². The van der Waals surface area contributed by atoms with Gasteiger partial charge in [0.15, 0.2) is 11.6 Å². The van der Waals surface area contributed by atoms with Crippen LogP contribution in [-0.2, 0) is 9.59 Å². The van der Waals surface area contributed by atoms with Crippen LogP contribution in [0.1, 0.15) is 92.8 Å². The van der Waals surface area contributed by atoms with Crippen molar-refractivity contribution in [2.75, 3.05) is 34.4 Å². The van der Waals surface area contributed by atoms with Gasteiger partial charge in [0, 0.05) is 47.7 Å². The number of piperidine rings is 1. The molecule has 3 heterocycles. The van der Waals surface area contributed by atoms with Gasteiger partial charge in [-0.2, -0.15) is 4.98 Å². The quantitative estimate of drug-likeness (QED) is 0.0374. The van der Waals surface area contributed by atoms with E-state index in [1.807, 2.05) is 0 Å². The number of amides is 6. The molecule has 7 rings (SSSR count). The number of fused-ring (bicyclic) bond motifs is 1. The third-order valence-corrected chi connectivity index (χ3v) is 10.7. The van der Waals surface area contributed by atoms with Crippen LogP contribution in [0.2, 0.25) is 5.02 Å². The molecule has 2 aliphatic rings. The molecule has 1 atom stereocenters. The van der Waals surface area contributed by atoms with Gasteiger partial charge in [-0.05, 0) is 92.1 Å². The van der Waals surface area contributed by atoms with E-state index in [1.165, 1.54) is 0 Å². The van der Waals surface area contributed by atoms with Gasteiger partial charge < -0.3 is 26.6 Å². The maximum absolute atomic E-state index is 14.7. The number of hydrogen-bond acceptors (Lipinski definition) is 11. The maximum Gasteiger partial charge on any atom is 0.264 e. The number of benzene rings is 4. The molecule has 5 aromatic rings. The van der Waals surface area contributed by atoms with Gasteiger partial charge in [0.1, 0.15) is 6.04 Å². The third kappa shape index (κ3) is 10.4. The predicted molar refractivity (Wildman–Crippen MR) is 232 cm³/mol. The highest BCUT2D eigenvalue weighted by Gasteiger charge is 2.45. The van der Waals surface area contributed by atoms with E-state index < -0.39 is 35.5 Å². The van der Waals surface area contributed by atoms with Gasteiger partial charge >= 0.3 is 0 Å². The molecular formula is C45H43ClFN9O6. The van der Waals surface area contributed by atoms with Crippen LogP contribution < -0.4 is 31.9 Å². The van der Waals surface area contributed by atoms with Crippen LogP contribution in [0, 0.1) is 5.82 Å². The number of aromatic nitrogens is 2. The van der Waals surface area contributed by atoms with Crippen LogP contribution in [0.15, 0.2) is 97.2 Å². The third-order valence-electron chi connectivity index (χ3n) is 10.4.